The van der Waals surface area contributed by atoms with Gasteiger partial charge in [0, 0.05) is 19.9 Å². The molecule has 1 aromatic carbocycles. The Kier molecular flexibility index (Phi) is 3.02. The van der Waals surface area contributed by atoms with E-state index in [9.17, 15) is 4.79 Å². The number of aromatic carboxylic acids is 1. The van der Waals surface area contributed by atoms with Gasteiger partial charge in [-0.05, 0) is 30.3 Å². The highest BCUT2D eigenvalue weighted by molar-refractivity contribution is 5.92. The maximum absolute atomic E-state index is 11.0. The lowest BCUT2D eigenvalue weighted by molar-refractivity contribution is 0.0697. The fourth-order valence-corrected chi connectivity index (χ4v) is 2.30. The zero-order chi connectivity index (χ0) is 14.1. The van der Waals surface area contributed by atoms with Crippen LogP contribution in [-0.4, -0.2) is 20.6 Å². The van der Waals surface area contributed by atoms with Gasteiger partial charge in [0.2, 0.25) is 0 Å². The van der Waals surface area contributed by atoms with Crippen molar-refractivity contribution in [2.45, 2.75) is 12.8 Å². The van der Waals surface area contributed by atoms with Gasteiger partial charge in [0.05, 0.1) is 22.9 Å². The van der Waals surface area contributed by atoms with Crippen LogP contribution in [-0.2, 0) is 19.9 Å². The fraction of sp³-hybridized carbons (Fsp3) is 0.200. The third-order valence-corrected chi connectivity index (χ3v) is 3.40. The molecule has 0 amide bonds. The smallest absolute Gasteiger partial charge is 0.335 e. The highest BCUT2D eigenvalue weighted by atomic mass is 16.4. The first-order valence-corrected chi connectivity index (χ1v) is 6.36. The van der Waals surface area contributed by atoms with Crippen LogP contribution in [0.1, 0.15) is 21.9 Å². The van der Waals surface area contributed by atoms with Gasteiger partial charge in [0.25, 0.3) is 0 Å². The van der Waals surface area contributed by atoms with Crippen LogP contribution in [0.25, 0.3) is 11.0 Å². The van der Waals surface area contributed by atoms with Crippen LogP contribution in [0.3, 0.4) is 0 Å². The van der Waals surface area contributed by atoms with Gasteiger partial charge in [-0.2, -0.15) is 0 Å². The first kappa shape index (κ1) is 12.5. The van der Waals surface area contributed by atoms with Crippen molar-refractivity contribution in [2.75, 3.05) is 0 Å². The number of nitrogens with zero attached hydrogens (tertiary/aromatic N) is 2. The fourth-order valence-electron chi connectivity index (χ4n) is 2.30. The molecule has 20 heavy (non-hydrogen) atoms. The Morgan fingerprint density at radius 1 is 1.35 bits per heavy atom. The molecule has 0 radical (unpaired) electrons. The first-order chi connectivity index (χ1) is 9.65. The minimum absolute atomic E-state index is 0.258. The van der Waals surface area contributed by atoms with Crippen molar-refractivity contribution < 1.29 is 14.3 Å². The van der Waals surface area contributed by atoms with Crippen LogP contribution in [0.4, 0.5) is 0 Å². The molecule has 0 saturated carbocycles. The Bertz CT molecular complexity index is 757. The molecule has 0 atom stereocenters. The standard InChI is InChI=1S/C15H14N2O3/c1-17-13-6-4-10(15(18)19)9-12(13)16-14(17)7-5-11-3-2-8-20-11/h2-4,6,8-9H,5,7H2,1H3,(H,18,19). The largest absolute Gasteiger partial charge is 0.478 e. The number of hydrogen-bond donors (Lipinski definition) is 1. The monoisotopic (exact) mass is 270 g/mol. The average Bonchev–Trinajstić information content (AvgIpc) is 3.04. The number of fused-ring (bicyclic) bond motifs is 1. The number of carboxylic acids is 1. The summed E-state index contributed by atoms with van der Waals surface area (Å²) in [5.41, 5.74) is 1.90. The van der Waals surface area contributed by atoms with E-state index in [1.807, 2.05) is 23.7 Å². The van der Waals surface area contributed by atoms with Crippen LogP contribution in [0.2, 0.25) is 0 Å². The molecule has 102 valence electrons. The second-order valence-corrected chi connectivity index (χ2v) is 4.68. The highest BCUT2D eigenvalue weighted by Gasteiger charge is 2.11. The van der Waals surface area contributed by atoms with E-state index in [1.54, 1.807) is 24.5 Å². The quantitative estimate of drug-likeness (QED) is 0.791. The Hall–Kier alpha value is -2.56. The van der Waals surface area contributed by atoms with Crippen molar-refractivity contribution in [3.8, 4) is 0 Å². The van der Waals surface area contributed by atoms with Gasteiger partial charge >= 0.3 is 5.97 Å². The van der Waals surface area contributed by atoms with Gasteiger partial charge in [-0.3, -0.25) is 0 Å². The van der Waals surface area contributed by atoms with E-state index in [2.05, 4.69) is 4.98 Å². The normalized spacial score (nSPS) is 11.1. The number of carboxylic acid groups (broad SMARTS) is 1. The number of aryl methyl sites for hydroxylation is 3. The van der Waals surface area contributed by atoms with Gasteiger partial charge in [-0.15, -0.1) is 0 Å². The van der Waals surface area contributed by atoms with Gasteiger partial charge in [0.1, 0.15) is 11.6 Å². The zero-order valence-corrected chi connectivity index (χ0v) is 11.0. The molecule has 0 fully saturated rings. The average molecular weight is 270 g/mol. The number of furan rings is 1. The second kappa shape index (κ2) is 4.85. The SMILES string of the molecule is Cn1c(CCc2ccco2)nc2cc(C(=O)O)ccc21. The lowest BCUT2D eigenvalue weighted by atomic mass is 10.2. The van der Waals surface area contributed by atoms with Gasteiger partial charge < -0.3 is 14.1 Å². The third-order valence-electron chi connectivity index (χ3n) is 3.40. The zero-order valence-electron chi connectivity index (χ0n) is 11.0. The molecular weight excluding hydrogens is 256 g/mol. The molecule has 1 N–H and O–H groups in total. The Morgan fingerprint density at radius 2 is 2.20 bits per heavy atom. The summed E-state index contributed by atoms with van der Waals surface area (Å²) in [5, 5.41) is 9.00. The summed E-state index contributed by atoms with van der Waals surface area (Å²) >= 11 is 0. The van der Waals surface area contributed by atoms with Crippen LogP contribution in [0.15, 0.2) is 41.0 Å². The summed E-state index contributed by atoms with van der Waals surface area (Å²) in [6, 6.07) is 8.80. The second-order valence-electron chi connectivity index (χ2n) is 4.68. The van der Waals surface area contributed by atoms with Crippen LogP contribution in [0.5, 0.6) is 0 Å². The van der Waals surface area contributed by atoms with Crippen molar-refractivity contribution in [2.24, 2.45) is 7.05 Å². The van der Waals surface area contributed by atoms with Crippen LogP contribution >= 0.6 is 0 Å². The molecule has 5 heteroatoms. The number of imidazole rings is 1. The van der Waals surface area contributed by atoms with E-state index in [0.29, 0.717) is 5.52 Å². The molecule has 0 saturated heterocycles. The molecule has 2 heterocycles. The van der Waals surface area contributed by atoms with E-state index in [1.165, 1.54) is 0 Å². The van der Waals surface area contributed by atoms with Gasteiger partial charge in [-0.1, -0.05) is 0 Å². The lowest BCUT2D eigenvalue weighted by Gasteiger charge is -2.01. The van der Waals surface area contributed by atoms with Gasteiger partial charge in [0.15, 0.2) is 0 Å². The summed E-state index contributed by atoms with van der Waals surface area (Å²) in [4.78, 5) is 15.5. The van der Waals surface area contributed by atoms with Crippen molar-refractivity contribution in [1.29, 1.82) is 0 Å². The molecule has 2 aromatic heterocycles. The van der Waals surface area contributed by atoms with Crippen LogP contribution < -0.4 is 0 Å². The highest BCUT2D eigenvalue weighted by Crippen LogP contribution is 2.18. The number of aromatic nitrogens is 2. The summed E-state index contributed by atoms with van der Waals surface area (Å²) in [6.45, 7) is 0. The number of carbonyl (C=O) groups is 1. The molecule has 0 bridgehead atoms. The van der Waals surface area contributed by atoms with Crippen molar-refractivity contribution in [3.63, 3.8) is 0 Å². The molecule has 3 aromatic rings. The van der Waals surface area contributed by atoms with E-state index < -0.39 is 5.97 Å². The molecule has 0 unspecified atom stereocenters. The summed E-state index contributed by atoms with van der Waals surface area (Å²) in [7, 11) is 1.94. The molecule has 0 aliphatic carbocycles. The number of hydrogen-bond acceptors (Lipinski definition) is 3. The lowest BCUT2D eigenvalue weighted by Crippen LogP contribution is -1.99. The third kappa shape index (κ3) is 2.18. The predicted octanol–water partition coefficient (Wildman–Crippen LogP) is 2.65. The minimum atomic E-state index is -0.935. The number of rotatable bonds is 4. The van der Waals surface area contributed by atoms with Crippen LogP contribution in [0, 0.1) is 0 Å². The molecule has 0 aliphatic heterocycles. The van der Waals surface area contributed by atoms with Crippen molar-refractivity contribution >= 4 is 17.0 Å². The maximum Gasteiger partial charge on any atom is 0.335 e. The molecular formula is C15H14N2O3. The van der Waals surface area contributed by atoms with Gasteiger partial charge in [-0.25, -0.2) is 9.78 Å². The number of benzene rings is 1. The Morgan fingerprint density at radius 3 is 2.90 bits per heavy atom. The topological polar surface area (TPSA) is 68.3 Å². The first-order valence-electron chi connectivity index (χ1n) is 6.36. The van der Waals surface area contributed by atoms with E-state index in [4.69, 9.17) is 9.52 Å². The minimum Gasteiger partial charge on any atom is -0.478 e. The molecule has 0 aliphatic rings. The molecule has 3 rings (SSSR count). The Labute approximate surface area is 115 Å². The van der Waals surface area contributed by atoms with E-state index in [-0.39, 0.29) is 5.56 Å². The maximum atomic E-state index is 11.0. The summed E-state index contributed by atoms with van der Waals surface area (Å²) < 4.78 is 7.29. The predicted molar refractivity (Wildman–Crippen MR) is 73.8 cm³/mol. The van der Waals surface area contributed by atoms with E-state index in [0.717, 1.165) is 29.9 Å². The van der Waals surface area contributed by atoms with Crippen molar-refractivity contribution in [1.82, 2.24) is 9.55 Å². The summed E-state index contributed by atoms with van der Waals surface area (Å²) in [6.07, 6.45) is 3.18. The molecule has 5 nitrogen and oxygen atoms in total. The molecule has 0 spiro atoms. The van der Waals surface area contributed by atoms with Crippen molar-refractivity contribution in [3.05, 3.63) is 53.7 Å². The Balaban J connectivity index is 1.91. The summed E-state index contributed by atoms with van der Waals surface area (Å²) in [5.74, 6) is 0.900. The van der Waals surface area contributed by atoms with E-state index >= 15 is 0 Å².